The van der Waals surface area contributed by atoms with E-state index in [9.17, 15) is 4.79 Å². The summed E-state index contributed by atoms with van der Waals surface area (Å²) in [6, 6.07) is -0.510. The molecule has 1 aliphatic rings. The summed E-state index contributed by atoms with van der Waals surface area (Å²) >= 11 is 0. The van der Waals surface area contributed by atoms with Crippen LogP contribution in [0.1, 0.15) is 19.8 Å². The molecule has 0 aromatic carbocycles. The standard InChI is InChI=1S/C11H22N2O3/c1-9-8-13(5-3-7-16-9)6-4-10(12)11(14)15-2/h9-10H,3-8,12H2,1-2H3. The molecular weight excluding hydrogens is 208 g/mol. The number of hydrogen-bond acceptors (Lipinski definition) is 5. The Bertz CT molecular complexity index is 223. The number of ether oxygens (including phenoxy) is 2. The Morgan fingerprint density at radius 3 is 3.12 bits per heavy atom. The van der Waals surface area contributed by atoms with Crippen LogP contribution in [-0.2, 0) is 14.3 Å². The van der Waals surface area contributed by atoms with Gasteiger partial charge in [-0.15, -0.1) is 0 Å². The molecule has 2 atom stereocenters. The molecule has 2 N–H and O–H groups in total. The molecule has 1 saturated heterocycles. The highest BCUT2D eigenvalue weighted by Gasteiger charge is 2.18. The fourth-order valence-corrected chi connectivity index (χ4v) is 1.87. The second kappa shape index (κ2) is 6.83. The average Bonchev–Trinajstić information content (AvgIpc) is 2.49. The summed E-state index contributed by atoms with van der Waals surface area (Å²) in [6.07, 6.45) is 1.94. The summed E-state index contributed by atoms with van der Waals surface area (Å²) in [7, 11) is 1.37. The number of nitrogens with two attached hydrogens (primary N) is 1. The SMILES string of the molecule is COC(=O)C(N)CCN1CCCOC(C)C1. The zero-order valence-corrected chi connectivity index (χ0v) is 10.1. The highest BCUT2D eigenvalue weighted by atomic mass is 16.5. The molecule has 0 spiro atoms. The first-order valence-corrected chi connectivity index (χ1v) is 5.81. The van der Waals surface area contributed by atoms with Crippen LogP contribution >= 0.6 is 0 Å². The van der Waals surface area contributed by atoms with E-state index in [4.69, 9.17) is 10.5 Å². The van der Waals surface area contributed by atoms with Crippen molar-refractivity contribution in [1.82, 2.24) is 4.90 Å². The van der Waals surface area contributed by atoms with E-state index in [2.05, 4.69) is 16.6 Å². The summed E-state index contributed by atoms with van der Waals surface area (Å²) in [5.41, 5.74) is 5.69. The highest BCUT2D eigenvalue weighted by Crippen LogP contribution is 2.06. The maximum atomic E-state index is 11.1. The van der Waals surface area contributed by atoms with Crippen molar-refractivity contribution in [3.8, 4) is 0 Å². The first kappa shape index (κ1) is 13.4. The first-order valence-electron chi connectivity index (χ1n) is 5.81. The molecule has 2 unspecified atom stereocenters. The number of carbonyl (C=O) groups is 1. The highest BCUT2D eigenvalue weighted by molar-refractivity contribution is 5.75. The quantitative estimate of drug-likeness (QED) is 0.688. The van der Waals surface area contributed by atoms with Gasteiger partial charge in [0.15, 0.2) is 0 Å². The molecule has 0 aromatic rings. The van der Waals surface area contributed by atoms with Gasteiger partial charge in [0.25, 0.3) is 0 Å². The maximum absolute atomic E-state index is 11.1. The Morgan fingerprint density at radius 2 is 2.44 bits per heavy atom. The van der Waals surface area contributed by atoms with Crippen molar-refractivity contribution < 1.29 is 14.3 Å². The average molecular weight is 230 g/mol. The number of esters is 1. The minimum atomic E-state index is -0.510. The summed E-state index contributed by atoms with van der Waals surface area (Å²) in [4.78, 5) is 13.4. The summed E-state index contributed by atoms with van der Waals surface area (Å²) in [6.45, 7) is 5.63. The van der Waals surface area contributed by atoms with E-state index in [1.54, 1.807) is 0 Å². The third-order valence-corrected chi connectivity index (χ3v) is 2.80. The molecule has 1 rings (SSSR count). The van der Waals surface area contributed by atoms with Crippen LogP contribution in [-0.4, -0.2) is 56.4 Å². The molecule has 16 heavy (non-hydrogen) atoms. The molecule has 0 saturated carbocycles. The van der Waals surface area contributed by atoms with E-state index < -0.39 is 6.04 Å². The van der Waals surface area contributed by atoms with Crippen molar-refractivity contribution in [1.29, 1.82) is 0 Å². The Balaban J connectivity index is 2.27. The van der Waals surface area contributed by atoms with Gasteiger partial charge in [0.1, 0.15) is 6.04 Å². The van der Waals surface area contributed by atoms with Gasteiger partial charge in [0.05, 0.1) is 13.2 Å². The molecule has 5 nitrogen and oxygen atoms in total. The largest absolute Gasteiger partial charge is 0.468 e. The fourth-order valence-electron chi connectivity index (χ4n) is 1.87. The molecule has 94 valence electrons. The smallest absolute Gasteiger partial charge is 0.322 e. The fraction of sp³-hybridized carbons (Fsp3) is 0.909. The lowest BCUT2D eigenvalue weighted by Gasteiger charge is -2.22. The first-order chi connectivity index (χ1) is 7.63. The molecule has 5 heteroatoms. The van der Waals surface area contributed by atoms with E-state index in [0.717, 1.165) is 32.7 Å². The van der Waals surface area contributed by atoms with E-state index in [1.807, 2.05) is 0 Å². The van der Waals surface area contributed by atoms with Gasteiger partial charge in [0.2, 0.25) is 0 Å². The van der Waals surface area contributed by atoms with Crippen LogP contribution in [0.2, 0.25) is 0 Å². The zero-order chi connectivity index (χ0) is 12.0. The van der Waals surface area contributed by atoms with Crippen LogP contribution in [0, 0.1) is 0 Å². The maximum Gasteiger partial charge on any atom is 0.322 e. The van der Waals surface area contributed by atoms with Crippen LogP contribution in [0.5, 0.6) is 0 Å². The van der Waals surface area contributed by atoms with Gasteiger partial charge in [-0.25, -0.2) is 0 Å². The number of carbonyl (C=O) groups excluding carboxylic acids is 1. The van der Waals surface area contributed by atoms with Crippen LogP contribution in [0.4, 0.5) is 0 Å². The van der Waals surface area contributed by atoms with Crippen molar-refractivity contribution in [2.24, 2.45) is 5.73 Å². The monoisotopic (exact) mass is 230 g/mol. The van der Waals surface area contributed by atoms with Crippen molar-refractivity contribution in [2.75, 3.05) is 33.4 Å². The number of hydrogen-bond donors (Lipinski definition) is 1. The summed E-state index contributed by atoms with van der Waals surface area (Å²) in [5, 5.41) is 0. The Kier molecular flexibility index (Phi) is 5.73. The molecule has 1 aliphatic heterocycles. The third-order valence-electron chi connectivity index (χ3n) is 2.80. The zero-order valence-electron chi connectivity index (χ0n) is 10.1. The predicted octanol–water partition coefficient (Wildman–Crippen LogP) is -0.0124. The number of nitrogens with zero attached hydrogens (tertiary/aromatic N) is 1. The lowest BCUT2D eigenvalue weighted by atomic mass is 10.2. The van der Waals surface area contributed by atoms with Crippen molar-refractivity contribution in [3.05, 3.63) is 0 Å². The summed E-state index contributed by atoms with van der Waals surface area (Å²) < 4.78 is 10.1. The van der Waals surface area contributed by atoms with Crippen molar-refractivity contribution in [3.63, 3.8) is 0 Å². The van der Waals surface area contributed by atoms with Crippen LogP contribution in [0.3, 0.4) is 0 Å². The number of methoxy groups -OCH3 is 1. The third kappa shape index (κ3) is 4.47. The molecule has 1 heterocycles. The van der Waals surface area contributed by atoms with Gasteiger partial charge in [-0.2, -0.15) is 0 Å². The van der Waals surface area contributed by atoms with E-state index >= 15 is 0 Å². The molecule has 0 aliphatic carbocycles. The van der Waals surface area contributed by atoms with Gasteiger partial charge in [0, 0.05) is 26.2 Å². The Hall–Kier alpha value is -0.650. The minimum Gasteiger partial charge on any atom is -0.468 e. The molecular formula is C11H22N2O3. The molecule has 0 aromatic heterocycles. The summed E-state index contributed by atoms with van der Waals surface area (Å²) in [5.74, 6) is -0.334. The van der Waals surface area contributed by atoms with Crippen LogP contribution in [0.15, 0.2) is 0 Å². The normalized spacial score (nSPS) is 24.8. The van der Waals surface area contributed by atoms with Gasteiger partial charge >= 0.3 is 5.97 Å². The van der Waals surface area contributed by atoms with Gasteiger partial charge in [-0.3, -0.25) is 4.79 Å². The van der Waals surface area contributed by atoms with E-state index in [0.29, 0.717) is 6.42 Å². The van der Waals surface area contributed by atoms with Crippen molar-refractivity contribution >= 4 is 5.97 Å². The van der Waals surface area contributed by atoms with Crippen LogP contribution in [0.25, 0.3) is 0 Å². The van der Waals surface area contributed by atoms with Crippen molar-refractivity contribution in [2.45, 2.75) is 31.9 Å². The lowest BCUT2D eigenvalue weighted by Crippen LogP contribution is -2.38. The van der Waals surface area contributed by atoms with Crippen LogP contribution < -0.4 is 5.73 Å². The second-order valence-corrected chi connectivity index (χ2v) is 4.25. The predicted molar refractivity (Wildman–Crippen MR) is 61.1 cm³/mol. The molecule has 0 radical (unpaired) electrons. The van der Waals surface area contributed by atoms with E-state index in [1.165, 1.54) is 7.11 Å². The molecule has 1 fully saturated rings. The minimum absolute atomic E-state index is 0.261. The van der Waals surface area contributed by atoms with Gasteiger partial charge in [-0.05, 0) is 19.8 Å². The van der Waals surface area contributed by atoms with Gasteiger partial charge < -0.3 is 20.1 Å². The van der Waals surface area contributed by atoms with Gasteiger partial charge in [-0.1, -0.05) is 0 Å². The Morgan fingerprint density at radius 1 is 1.69 bits per heavy atom. The molecule has 0 bridgehead atoms. The van der Waals surface area contributed by atoms with E-state index in [-0.39, 0.29) is 12.1 Å². The second-order valence-electron chi connectivity index (χ2n) is 4.25. The lowest BCUT2D eigenvalue weighted by molar-refractivity contribution is -0.142. The molecule has 0 amide bonds. The topological polar surface area (TPSA) is 64.8 Å². The number of rotatable bonds is 4. The Labute approximate surface area is 96.9 Å².